The fourth-order valence-corrected chi connectivity index (χ4v) is 1.31. The van der Waals surface area contributed by atoms with Gasteiger partial charge in [0.25, 0.3) is 0 Å². The molecule has 4 heteroatoms. The molecule has 1 aromatic rings. The maximum Gasteiger partial charge on any atom is 0.233 e. The van der Waals surface area contributed by atoms with Gasteiger partial charge in [0.2, 0.25) is 10.1 Å². The minimum atomic E-state index is -1.56. The quantitative estimate of drug-likeness (QED) is 0.668. The van der Waals surface area contributed by atoms with Crippen LogP contribution in [0.15, 0.2) is 24.3 Å². The van der Waals surface area contributed by atoms with E-state index < -0.39 is 3.79 Å². The minimum absolute atomic E-state index is 0.275. The second-order valence-electron chi connectivity index (χ2n) is 2.15. The minimum Gasteiger partial charge on any atom is -0.285 e. The number of hydrogen-bond donors (Lipinski definition) is 0. The topological polar surface area (TPSA) is 17.1 Å². The van der Waals surface area contributed by atoms with Crippen molar-refractivity contribution in [3.63, 3.8) is 0 Å². The molecule has 1 radical (unpaired) electrons. The molecule has 0 amide bonds. The lowest BCUT2D eigenvalue weighted by Gasteiger charge is -2.12. The Hall–Kier alpha value is -0.240. The Morgan fingerprint density at radius 3 is 2.17 bits per heavy atom. The van der Waals surface area contributed by atoms with Gasteiger partial charge in [-0.25, -0.2) is 0 Å². The van der Waals surface area contributed by atoms with Crippen LogP contribution in [0, 0.1) is 0 Å². The molecular weight excluding hydrogens is 218 g/mol. The first-order chi connectivity index (χ1) is 5.55. The summed E-state index contributed by atoms with van der Waals surface area (Å²) in [6, 6.07) is 6.50. The first kappa shape index (κ1) is 9.85. The molecule has 0 bridgehead atoms. The summed E-state index contributed by atoms with van der Waals surface area (Å²) in [7, 11) is 0. The number of benzene rings is 1. The normalized spacial score (nSPS) is 11.2. The van der Waals surface area contributed by atoms with E-state index >= 15 is 0 Å². The molecule has 1 rings (SSSR count). The molecule has 0 aromatic heterocycles. The van der Waals surface area contributed by atoms with Crippen molar-refractivity contribution >= 4 is 41.1 Å². The molecule has 0 saturated heterocycles. The third-order valence-electron chi connectivity index (χ3n) is 1.34. The Kier molecular flexibility index (Phi) is 2.99. The molecule has 0 aliphatic carbocycles. The largest absolute Gasteiger partial charge is 0.285 e. The van der Waals surface area contributed by atoms with Gasteiger partial charge < -0.3 is 0 Å². The van der Waals surface area contributed by atoms with Crippen molar-refractivity contribution in [2.45, 2.75) is 3.79 Å². The lowest BCUT2D eigenvalue weighted by molar-refractivity contribution is 0.562. The van der Waals surface area contributed by atoms with Crippen molar-refractivity contribution in [3.8, 4) is 0 Å². The van der Waals surface area contributed by atoms with E-state index in [1.165, 1.54) is 0 Å². The van der Waals surface area contributed by atoms with Gasteiger partial charge in [-0.2, -0.15) is 0 Å². The van der Waals surface area contributed by atoms with Crippen LogP contribution < -0.4 is 0 Å². The number of hydrogen-bond acceptors (Lipinski definition) is 1. The van der Waals surface area contributed by atoms with Crippen LogP contribution in [0.25, 0.3) is 0 Å². The van der Waals surface area contributed by atoms with E-state index in [0.717, 1.165) is 0 Å². The summed E-state index contributed by atoms with van der Waals surface area (Å²) in [6.07, 6.45) is 1.70. The highest BCUT2D eigenvalue weighted by Crippen LogP contribution is 2.39. The highest BCUT2D eigenvalue weighted by atomic mass is 35.6. The molecule has 0 atom stereocenters. The van der Waals surface area contributed by atoms with Gasteiger partial charge in [0, 0.05) is 11.1 Å². The Balaban J connectivity index is 3.23. The predicted molar refractivity (Wildman–Crippen MR) is 50.5 cm³/mol. The van der Waals surface area contributed by atoms with Gasteiger partial charge in [-0.15, -0.1) is 0 Å². The van der Waals surface area contributed by atoms with Crippen LogP contribution in [0.1, 0.15) is 11.1 Å². The molecule has 0 saturated carbocycles. The molecule has 1 aromatic carbocycles. The second-order valence-corrected chi connectivity index (χ2v) is 4.43. The van der Waals surface area contributed by atoms with Gasteiger partial charge in [-0.1, -0.05) is 59.1 Å². The van der Waals surface area contributed by atoms with E-state index in [4.69, 9.17) is 34.8 Å². The third-order valence-corrected chi connectivity index (χ3v) is 1.95. The van der Waals surface area contributed by atoms with Crippen LogP contribution in [0.2, 0.25) is 0 Å². The van der Waals surface area contributed by atoms with Crippen molar-refractivity contribution in [1.82, 2.24) is 0 Å². The van der Waals surface area contributed by atoms with Gasteiger partial charge in [-0.05, 0) is 0 Å². The van der Waals surface area contributed by atoms with Crippen molar-refractivity contribution in [3.05, 3.63) is 35.4 Å². The Bertz CT molecular complexity index is 291. The molecule has 0 fully saturated rings. The number of halogens is 3. The molecule has 0 aliphatic rings. The van der Waals surface area contributed by atoms with Crippen LogP contribution in [0.3, 0.4) is 0 Å². The van der Waals surface area contributed by atoms with Gasteiger partial charge >= 0.3 is 0 Å². The molecule has 0 N–H and O–H groups in total. The molecular formula is C8H4Cl3O. The van der Waals surface area contributed by atoms with Gasteiger partial charge in [0.1, 0.15) is 0 Å². The lowest BCUT2D eigenvalue weighted by atomic mass is 10.1. The summed E-state index contributed by atoms with van der Waals surface area (Å²) in [5, 5.41) is 0. The van der Waals surface area contributed by atoms with Crippen molar-refractivity contribution in [2.75, 3.05) is 0 Å². The van der Waals surface area contributed by atoms with Crippen LogP contribution in [-0.4, -0.2) is 6.29 Å². The van der Waals surface area contributed by atoms with E-state index in [-0.39, 0.29) is 5.56 Å². The molecule has 0 unspecified atom stereocenters. The maximum atomic E-state index is 10.4. The van der Waals surface area contributed by atoms with Crippen LogP contribution in [0.5, 0.6) is 0 Å². The number of carbonyl (C=O) groups excluding carboxylic acids is 1. The molecule has 1 nitrogen and oxygen atoms in total. The summed E-state index contributed by atoms with van der Waals surface area (Å²) < 4.78 is -1.56. The van der Waals surface area contributed by atoms with E-state index in [2.05, 4.69) is 0 Å². The fourth-order valence-electron chi connectivity index (χ4n) is 0.819. The zero-order valence-corrected chi connectivity index (χ0v) is 8.12. The monoisotopic (exact) mass is 221 g/mol. The maximum absolute atomic E-state index is 10.4. The standard InChI is InChI=1S/C8H4Cl3O/c9-8(10,11)7-4-2-1-3-6(7)5-12/h1-4H. The molecule has 63 valence electrons. The molecule has 0 aliphatic heterocycles. The first-order valence-corrected chi connectivity index (χ1v) is 4.23. The van der Waals surface area contributed by atoms with Crippen molar-refractivity contribution < 1.29 is 4.79 Å². The number of alkyl halides is 3. The van der Waals surface area contributed by atoms with E-state index in [9.17, 15) is 4.79 Å². The summed E-state index contributed by atoms with van der Waals surface area (Å²) in [5.74, 6) is 0. The summed E-state index contributed by atoms with van der Waals surface area (Å²) in [4.78, 5) is 10.4. The summed E-state index contributed by atoms with van der Waals surface area (Å²) >= 11 is 16.8. The second kappa shape index (κ2) is 3.65. The zero-order chi connectivity index (χ0) is 9.19. The Labute approximate surface area is 85.2 Å². The van der Waals surface area contributed by atoms with E-state index in [0.29, 0.717) is 5.56 Å². The van der Waals surface area contributed by atoms with Gasteiger partial charge in [0.05, 0.1) is 0 Å². The highest BCUT2D eigenvalue weighted by Gasteiger charge is 2.25. The third kappa shape index (κ3) is 2.13. The molecule has 0 spiro atoms. The predicted octanol–water partition coefficient (Wildman–Crippen LogP) is 2.97. The number of rotatable bonds is 1. The van der Waals surface area contributed by atoms with Crippen LogP contribution >= 0.6 is 34.8 Å². The van der Waals surface area contributed by atoms with Gasteiger partial charge in [-0.3, -0.25) is 4.79 Å². The lowest BCUT2D eigenvalue weighted by Crippen LogP contribution is -2.04. The van der Waals surface area contributed by atoms with Crippen molar-refractivity contribution in [2.24, 2.45) is 0 Å². The van der Waals surface area contributed by atoms with E-state index in [1.807, 2.05) is 0 Å². The van der Waals surface area contributed by atoms with E-state index in [1.54, 1.807) is 30.6 Å². The SMILES string of the molecule is O=[C]c1ccccc1C(Cl)(Cl)Cl. The summed E-state index contributed by atoms with van der Waals surface area (Å²) in [5.41, 5.74) is 0.627. The molecule has 0 heterocycles. The van der Waals surface area contributed by atoms with Crippen LogP contribution in [0.4, 0.5) is 0 Å². The zero-order valence-electron chi connectivity index (χ0n) is 5.85. The highest BCUT2D eigenvalue weighted by molar-refractivity contribution is 6.66. The summed E-state index contributed by atoms with van der Waals surface area (Å²) in [6.45, 7) is 0. The smallest absolute Gasteiger partial charge is 0.233 e. The fraction of sp³-hybridized carbons (Fsp3) is 0.125. The van der Waals surface area contributed by atoms with Crippen molar-refractivity contribution in [1.29, 1.82) is 0 Å². The average Bonchev–Trinajstić information content (AvgIpc) is 2.03. The average molecular weight is 222 g/mol. The van der Waals surface area contributed by atoms with Gasteiger partial charge in [0.15, 0.2) is 0 Å². The Morgan fingerprint density at radius 2 is 1.75 bits per heavy atom. The molecule has 12 heavy (non-hydrogen) atoms. The first-order valence-electron chi connectivity index (χ1n) is 3.10. The van der Waals surface area contributed by atoms with Crippen LogP contribution in [-0.2, 0) is 8.59 Å². The Morgan fingerprint density at radius 1 is 1.17 bits per heavy atom.